The Morgan fingerprint density at radius 3 is 2.52 bits per heavy atom. The highest BCUT2D eigenvalue weighted by Gasteiger charge is 2.14. The predicted octanol–water partition coefficient (Wildman–Crippen LogP) is 3.80. The molecule has 0 aromatic heterocycles. The lowest BCUT2D eigenvalue weighted by atomic mass is 10.0. The van der Waals surface area contributed by atoms with Crippen LogP contribution in [0.15, 0.2) is 18.2 Å². The van der Waals surface area contributed by atoms with Crippen molar-refractivity contribution in [2.75, 3.05) is 20.8 Å². The fraction of sp³-hybridized carbons (Fsp3) is 0.667. The van der Waals surface area contributed by atoms with E-state index in [9.17, 15) is 0 Å². The van der Waals surface area contributed by atoms with Crippen LogP contribution in [0.1, 0.15) is 44.6 Å². The molecule has 1 aromatic carbocycles. The second-order valence-electron chi connectivity index (χ2n) is 6.19. The summed E-state index contributed by atoms with van der Waals surface area (Å²) in [4.78, 5) is 0. The topological polar surface area (TPSA) is 30.5 Å². The van der Waals surface area contributed by atoms with Gasteiger partial charge in [0.2, 0.25) is 0 Å². The fourth-order valence-corrected chi connectivity index (χ4v) is 3.27. The monoisotopic (exact) mass is 291 g/mol. The van der Waals surface area contributed by atoms with Crippen LogP contribution in [-0.2, 0) is 6.42 Å². The summed E-state index contributed by atoms with van der Waals surface area (Å²) in [7, 11) is 3.36. The Balaban J connectivity index is 1.77. The largest absolute Gasteiger partial charge is 0.493 e. The fourth-order valence-electron chi connectivity index (χ4n) is 3.27. The standard InChI is InChI=1S/C18H29NO2/c1-14(19-11-10-15-6-4-5-7-15)12-16-8-9-17(20-2)18(13-16)21-3/h8-9,13-15,19H,4-7,10-12H2,1-3H3. The Labute approximate surface area is 129 Å². The van der Waals surface area contributed by atoms with Crippen molar-refractivity contribution < 1.29 is 9.47 Å². The van der Waals surface area contributed by atoms with Gasteiger partial charge in [-0.05, 0) is 49.9 Å². The van der Waals surface area contributed by atoms with E-state index in [0.717, 1.165) is 30.4 Å². The third-order valence-electron chi connectivity index (χ3n) is 4.51. The van der Waals surface area contributed by atoms with Gasteiger partial charge in [0.25, 0.3) is 0 Å². The van der Waals surface area contributed by atoms with E-state index in [-0.39, 0.29) is 0 Å². The lowest BCUT2D eigenvalue weighted by Gasteiger charge is -2.17. The molecule has 3 heteroatoms. The zero-order chi connectivity index (χ0) is 15.1. The van der Waals surface area contributed by atoms with Crippen molar-refractivity contribution in [2.45, 2.75) is 51.5 Å². The molecule has 3 nitrogen and oxygen atoms in total. The molecule has 0 aliphatic heterocycles. The molecule has 0 amide bonds. The molecule has 1 aromatic rings. The normalized spacial score (nSPS) is 16.9. The summed E-state index contributed by atoms with van der Waals surface area (Å²) in [6.07, 6.45) is 8.09. The van der Waals surface area contributed by atoms with Gasteiger partial charge < -0.3 is 14.8 Å². The van der Waals surface area contributed by atoms with Gasteiger partial charge in [-0.15, -0.1) is 0 Å². The van der Waals surface area contributed by atoms with Crippen molar-refractivity contribution in [1.82, 2.24) is 5.32 Å². The molecule has 2 rings (SSSR count). The van der Waals surface area contributed by atoms with Crippen LogP contribution in [0, 0.1) is 5.92 Å². The molecule has 0 bridgehead atoms. The number of hydrogen-bond donors (Lipinski definition) is 1. The smallest absolute Gasteiger partial charge is 0.160 e. The Hall–Kier alpha value is -1.22. The lowest BCUT2D eigenvalue weighted by Crippen LogP contribution is -2.29. The number of methoxy groups -OCH3 is 2. The van der Waals surface area contributed by atoms with E-state index >= 15 is 0 Å². The minimum Gasteiger partial charge on any atom is -0.493 e. The van der Waals surface area contributed by atoms with Crippen LogP contribution in [0.4, 0.5) is 0 Å². The van der Waals surface area contributed by atoms with Crippen molar-refractivity contribution in [3.63, 3.8) is 0 Å². The van der Waals surface area contributed by atoms with Gasteiger partial charge in [-0.2, -0.15) is 0 Å². The molecule has 1 atom stereocenters. The van der Waals surface area contributed by atoms with Crippen LogP contribution in [0.5, 0.6) is 11.5 Å². The van der Waals surface area contributed by atoms with Crippen LogP contribution in [-0.4, -0.2) is 26.8 Å². The maximum atomic E-state index is 5.36. The Kier molecular flexibility index (Phi) is 6.37. The first-order valence-electron chi connectivity index (χ1n) is 8.17. The molecular formula is C18H29NO2. The van der Waals surface area contributed by atoms with Gasteiger partial charge in [-0.3, -0.25) is 0 Å². The summed E-state index contributed by atoms with van der Waals surface area (Å²) < 4.78 is 10.6. The third kappa shape index (κ3) is 4.92. The van der Waals surface area contributed by atoms with E-state index in [0.29, 0.717) is 6.04 Å². The molecule has 118 valence electrons. The summed E-state index contributed by atoms with van der Waals surface area (Å²) in [5.74, 6) is 2.57. The highest BCUT2D eigenvalue weighted by Crippen LogP contribution is 2.28. The van der Waals surface area contributed by atoms with Gasteiger partial charge in [-0.1, -0.05) is 31.7 Å². The van der Waals surface area contributed by atoms with Crippen molar-refractivity contribution in [3.8, 4) is 11.5 Å². The summed E-state index contributed by atoms with van der Waals surface area (Å²) in [6, 6.07) is 6.67. The second kappa shape index (κ2) is 8.28. The molecule has 1 aliphatic carbocycles. The number of benzene rings is 1. The zero-order valence-electron chi connectivity index (χ0n) is 13.7. The molecule has 1 fully saturated rings. The molecule has 0 radical (unpaired) electrons. The van der Waals surface area contributed by atoms with Crippen LogP contribution >= 0.6 is 0 Å². The summed E-state index contributed by atoms with van der Waals surface area (Å²) in [5.41, 5.74) is 1.29. The van der Waals surface area contributed by atoms with Gasteiger partial charge in [0.1, 0.15) is 0 Å². The Morgan fingerprint density at radius 1 is 1.14 bits per heavy atom. The molecule has 0 heterocycles. The van der Waals surface area contributed by atoms with Crippen molar-refractivity contribution in [3.05, 3.63) is 23.8 Å². The average Bonchev–Trinajstić information content (AvgIpc) is 3.00. The molecule has 21 heavy (non-hydrogen) atoms. The highest BCUT2D eigenvalue weighted by molar-refractivity contribution is 5.43. The van der Waals surface area contributed by atoms with Gasteiger partial charge >= 0.3 is 0 Å². The maximum absolute atomic E-state index is 5.36. The van der Waals surface area contributed by atoms with Crippen LogP contribution in [0.2, 0.25) is 0 Å². The molecular weight excluding hydrogens is 262 g/mol. The first kappa shape index (κ1) is 16.2. The predicted molar refractivity (Wildman–Crippen MR) is 87.3 cm³/mol. The number of rotatable bonds is 8. The van der Waals surface area contributed by atoms with E-state index in [1.54, 1.807) is 14.2 Å². The van der Waals surface area contributed by atoms with E-state index in [1.807, 2.05) is 6.07 Å². The molecule has 0 saturated heterocycles. The Bertz CT molecular complexity index is 427. The summed E-state index contributed by atoms with van der Waals surface area (Å²) >= 11 is 0. The second-order valence-corrected chi connectivity index (χ2v) is 6.19. The lowest BCUT2D eigenvalue weighted by molar-refractivity contribution is 0.354. The van der Waals surface area contributed by atoms with Crippen LogP contribution in [0.25, 0.3) is 0 Å². The summed E-state index contributed by atoms with van der Waals surface area (Å²) in [5, 5.41) is 3.65. The average molecular weight is 291 g/mol. The zero-order valence-corrected chi connectivity index (χ0v) is 13.7. The van der Waals surface area contributed by atoms with Crippen molar-refractivity contribution >= 4 is 0 Å². The molecule has 1 saturated carbocycles. The first-order chi connectivity index (χ1) is 10.2. The molecule has 1 N–H and O–H groups in total. The Morgan fingerprint density at radius 2 is 1.86 bits per heavy atom. The van der Waals surface area contributed by atoms with E-state index < -0.39 is 0 Å². The van der Waals surface area contributed by atoms with E-state index in [4.69, 9.17) is 9.47 Å². The molecule has 0 spiro atoms. The van der Waals surface area contributed by atoms with E-state index in [2.05, 4.69) is 24.4 Å². The van der Waals surface area contributed by atoms with Crippen LogP contribution < -0.4 is 14.8 Å². The van der Waals surface area contributed by atoms with Gasteiger partial charge in [-0.25, -0.2) is 0 Å². The first-order valence-corrected chi connectivity index (χ1v) is 8.17. The highest BCUT2D eigenvalue weighted by atomic mass is 16.5. The number of nitrogens with one attached hydrogen (secondary N) is 1. The number of hydrogen-bond acceptors (Lipinski definition) is 3. The van der Waals surface area contributed by atoms with Crippen molar-refractivity contribution in [2.24, 2.45) is 5.92 Å². The molecule has 1 aliphatic rings. The van der Waals surface area contributed by atoms with Gasteiger partial charge in [0, 0.05) is 6.04 Å². The maximum Gasteiger partial charge on any atom is 0.160 e. The van der Waals surface area contributed by atoms with Gasteiger partial charge in [0.15, 0.2) is 11.5 Å². The quantitative estimate of drug-likeness (QED) is 0.790. The van der Waals surface area contributed by atoms with Crippen LogP contribution in [0.3, 0.4) is 0 Å². The van der Waals surface area contributed by atoms with E-state index in [1.165, 1.54) is 37.7 Å². The minimum atomic E-state index is 0.490. The van der Waals surface area contributed by atoms with Gasteiger partial charge in [0.05, 0.1) is 14.2 Å². The number of ether oxygens (including phenoxy) is 2. The minimum absolute atomic E-state index is 0.490. The molecule has 1 unspecified atom stereocenters. The van der Waals surface area contributed by atoms with Crippen molar-refractivity contribution in [1.29, 1.82) is 0 Å². The summed E-state index contributed by atoms with van der Waals surface area (Å²) in [6.45, 7) is 3.39. The third-order valence-corrected chi connectivity index (χ3v) is 4.51. The SMILES string of the molecule is COc1ccc(CC(C)NCCC2CCCC2)cc1OC.